The number of sulfone groups is 1. The van der Waals surface area contributed by atoms with E-state index in [9.17, 15) is 13.2 Å². The van der Waals surface area contributed by atoms with Gasteiger partial charge in [0.25, 0.3) is 5.91 Å². The summed E-state index contributed by atoms with van der Waals surface area (Å²) in [6.45, 7) is 0.0889. The van der Waals surface area contributed by atoms with Gasteiger partial charge in [0, 0.05) is 13.3 Å². The second kappa shape index (κ2) is 7.50. The maximum Gasteiger partial charge on any atom is 0.260 e. The monoisotopic (exact) mass is 393 g/mol. The normalized spacial score (nSPS) is 24.1. The largest absolute Gasteiger partial charge is 0.490 e. The van der Waals surface area contributed by atoms with Gasteiger partial charge in [-0.15, -0.1) is 0 Å². The van der Waals surface area contributed by atoms with Crippen molar-refractivity contribution in [1.29, 1.82) is 0 Å². The van der Waals surface area contributed by atoms with E-state index in [1.807, 2.05) is 0 Å². The molecule has 1 unspecified atom stereocenters. The summed E-state index contributed by atoms with van der Waals surface area (Å²) in [7, 11) is -1.63. The number of guanidine groups is 1. The second-order valence-electron chi connectivity index (χ2n) is 7.61. The summed E-state index contributed by atoms with van der Waals surface area (Å²) in [6.07, 6.45) is 7.57. The van der Waals surface area contributed by atoms with E-state index in [0.717, 1.165) is 19.1 Å². The van der Waals surface area contributed by atoms with Crippen LogP contribution in [0.3, 0.4) is 0 Å². The first-order chi connectivity index (χ1) is 12.7. The van der Waals surface area contributed by atoms with Gasteiger partial charge in [-0.2, -0.15) is 0 Å². The van der Waals surface area contributed by atoms with Crippen molar-refractivity contribution in [3.05, 3.63) is 24.3 Å². The third-order valence-electron chi connectivity index (χ3n) is 5.46. The van der Waals surface area contributed by atoms with Crippen molar-refractivity contribution >= 4 is 21.7 Å². The lowest BCUT2D eigenvalue weighted by Crippen LogP contribution is -2.47. The molecule has 27 heavy (non-hydrogen) atoms. The summed E-state index contributed by atoms with van der Waals surface area (Å²) in [5, 5.41) is 0. The van der Waals surface area contributed by atoms with E-state index in [4.69, 9.17) is 10.5 Å². The minimum Gasteiger partial charge on any atom is -0.490 e. The Morgan fingerprint density at radius 1 is 1.22 bits per heavy atom. The molecule has 1 atom stereocenters. The number of carbonyl (C=O) groups is 1. The standard InChI is InChI=1S/C19H27N3O4S/c1-22-17(23)19(21-18(22)20,12-14-6-4-3-5-7-14)13-26-15-8-10-16(11-9-15)27(2,24)25/h8-11,14H,3-7,12-13H2,1-2H3,(H2,20,21). The van der Waals surface area contributed by atoms with Crippen molar-refractivity contribution in [3.63, 3.8) is 0 Å². The number of nitrogens with zero attached hydrogens (tertiary/aromatic N) is 2. The van der Waals surface area contributed by atoms with Crippen molar-refractivity contribution in [2.75, 3.05) is 19.9 Å². The fourth-order valence-electron chi connectivity index (χ4n) is 3.90. The molecule has 2 aliphatic rings. The van der Waals surface area contributed by atoms with Gasteiger partial charge in [0.15, 0.2) is 21.3 Å². The third-order valence-corrected chi connectivity index (χ3v) is 6.58. The summed E-state index contributed by atoms with van der Waals surface area (Å²) in [4.78, 5) is 19.0. The van der Waals surface area contributed by atoms with Crippen LogP contribution in [0.1, 0.15) is 38.5 Å². The number of hydrogen-bond donors (Lipinski definition) is 1. The topological polar surface area (TPSA) is 102 Å². The fourth-order valence-corrected chi connectivity index (χ4v) is 4.53. The first-order valence-corrected chi connectivity index (χ1v) is 11.2. The van der Waals surface area contributed by atoms with Crippen LogP contribution < -0.4 is 10.5 Å². The van der Waals surface area contributed by atoms with Crippen molar-refractivity contribution in [2.45, 2.75) is 49.0 Å². The lowest BCUT2D eigenvalue weighted by Gasteiger charge is -2.31. The number of carbonyl (C=O) groups excluding carboxylic acids is 1. The van der Waals surface area contributed by atoms with Crippen LogP contribution in [0.5, 0.6) is 5.75 Å². The second-order valence-corrected chi connectivity index (χ2v) is 9.62. The highest BCUT2D eigenvalue weighted by Gasteiger charge is 2.48. The molecule has 1 saturated carbocycles. The minimum absolute atomic E-state index is 0.0889. The number of amides is 1. The molecule has 0 radical (unpaired) electrons. The zero-order valence-electron chi connectivity index (χ0n) is 15.8. The molecule has 7 nitrogen and oxygen atoms in total. The minimum atomic E-state index is -3.26. The molecular weight excluding hydrogens is 366 g/mol. The highest BCUT2D eigenvalue weighted by atomic mass is 32.2. The lowest BCUT2D eigenvalue weighted by atomic mass is 9.79. The lowest BCUT2D eigenvalue weighted by molar-refractivity contribution is -0.132. The Labute approximate surface area is 160 Å². The van der Waals surface area contributed by atoms with Crippen molar-refractivity contribution < 1.29 is 17.9 Å². The third kappa shape index (κ3) is 4.26. The van der Waals surface area contributed by atoms with E-state index in [2.05, 4.69) is 4.99 Å². The average Bonchev–Trinajstić information content (AvgIpc) is 2.85. The number of benzene rings is 1. The van der Waals surface area contributed by atoms with Crippen LogP contribution in [-0.2, 0) is 14.6 Å². The zero-order chi connectivity index (χ0) is 19.7. The quantitative estimate of drug-likeness (QED) is 0.796. The maximum atomic E-state index is 12.9. The van der Waals surface area contributed by atoms with Crippen LogP contribution in [-0.4, -0.2) is 50.6 Å². The fraction of sp³-hybridized carbons (Fsp3) is 0.579. The molecule has 0 bridgehead atoms. The van der Waals surface area contributed by atoms with Gasteiger partial charge in [0.1, 0.15) is 12.4 Å². The molecule has 2 N–H and O–H groups in total. The van der Waals surface area contributed by atoms with Crippen LogP contribution >= 0.6 is 0 Å². The van der Waals surface area contributed by atoms with E-state index < -0.39 is 15.4 Å². The maximum absolute atomic E-state index is 12.9. The predicted molar refractivity (Wildman–Crippen MR) is 103 cm³/mol. The zero-order valence-corrected chi connectivity index (χ0v) is 16.7. The summed E-state index contributed by atoms with van der Waals surface area (Å²) < 4.78 is 29.0. The Kier molecular flexibility index (Phi) is 5.46. The molecule has 1 amide bonds. The van der Waals surface area contributed by atoms with Gasteiger partial charge in [-0.25, -0.2) is 13.4 Å². The summed E-state index contributed by atoms with van der Waals surface area (Å²) in [6, 6.07) is 6.19. The molecule has 1 aliphatic heterocycles. The molecule has 8 heteroatoms. The Hall–Kier alpha value is -2.09. The first kappa shape index (κ1) is 19.7. The highest BCUT2D eigenvalue weighted by molar-refractivity contribution is 7.90. The molecular formula is C19H27N3O4S. The van der Waals surface area contributed by atoms with Gasteiger partial charge in [-0.3, -0.25) is 9.69 Å². The summed E-state index contributed by atoms with van der Waals surface area (Å²) >= 11 is 0. The summed E-state index contributed by atoms with van der Waals surface area (Å²) in [5.41, 5.74) is 4.92. The van der Waals surface area contributed by atoms with Crippen LogP contribution in [0.25, 0.3) is 0 Å². The number of nitrogens with two attached hydrogens (primary N) is 1. The number of hydrogen-bond acceptors (Lipinski definition) is 6. The molecule has 0 aromatic heterocycles. The average molecular weight is 394 g/mol. The highest BCUT2D eigenvalue weighted by Crippen LogP contribution is 2.36. The molecule has 1 aromatic carbocycles. The Balaban J connectivity index is 1.77. The Morgan fingerprint density at radius 2 is 1.85 bits per heavy atom. The van der Waals surface area contributed by atoms with E-state index >= 15 is 0 Å². The van der Waals surface area contributed by atoms with E-state index in [1.54, 1.807) is 19.2 Å². The molecule has 0 spiro atoms. The molecule has 1 heterocycles. The first-order valence-electron chi connectivity index (χ1n) is 9.28. The van der Waals surface area contributed by atoms with E-state index in [-0.39, 0.29) is 23.4 Å². The van der Waals surface area contributed by atoms with Gasteiger partial charge >= 0.3 is 0 Å². The number of ether oxygens (including phenoxy) is 1. The molecule has 148 valence electrons. The number of likely N-dealkylation sites (N-methyl/N-ethyl adjacent to an activating group) is 1. The molecule has 3 rings (SSSR count). The Morgan fingerprint density at radius 3 is 2.37 bits per heavy atom. The SMILES string of the molecule is CN1C(=O)C(COc2ccc(S(C)(=O)=O)cc2)(CC2CCCCC2)N=C1N. The van der Waals surface area contributed by atoms with Crippen LogP contribution in [0.2, 0.25) is 0 Å². The van der Waals surface area contributed by atoms with E-state index in [0.29, 0.717) is 18.1 Å². The number of rotatable bonds is 6. The smallest absolute Gasteiger partial charge is 0.260 e. The Bertz CT molecular complexity index is 829. The van der Waals surface area contributed by atoms with Crippen molar-refractivity contribution in [3.8, 4) is 5.75 Å². The van der Waals surface area contributed by atoms with Gasteiger partial charge in [0.05, 0.1) is 4.90 Å². The van der Waals surface area contributed by atoms with Crippen LogP contribution in [0, 0.1) is 5.92 Å². The van der Waals surface area contributed by atoms with Crippen molar-refractivity contribution in [1.82, 2.24) is 4.90 Å². The van der Waals surface area contributed by atoms with Gasteiger partial charge < -0.3 is 10.5 Å². The van der Waals surface area contributed by atoms with Gasteiger partial charge in [-0.1, -0.05) is 32.1 Å². The molecule has 1 aromatic rings. The molecule has 1 fully saturated rings. The predicted octanol–water partition coefficient (Wildman–Crippen LogP) is 1.96. The van der Waals surface area contributed by atoms with Crippen molar-refractivity contribution in [2.24, 2.45) is 16.6 Å². The molecule has 0 saturated heterocycles. The van der Waals surface area contributed by atoms with Crippen LogP contribution in [0.4, 0.5) is 0 Å². The van der Waals surface area contributed by atoms with Crippen LogP contribution in [0.15, 0.2) is 34.2 Å². The summed E-state index contributed by atoms with van der Waals surface area (Å²) in [5.74, 6) is 1.01. The van der Waals surface area contributed by atoms with Gasteiger partial charge in [-0.05, 0) is 36.6 Å². The van der Waals surface area contributed by atoms with E-state index in [1.165, 1.54) is 36.3 Å². The molecule has 1 aliphatic carbocycles. The van der Waals surface area contributed by atoms with Gasteiger partial charge in [0.2, 0.25) is 0 Å². The number of aliphatic imine (C=N–C) groups is 1.